The quantitative estimate of drug-likeness (QED) is 0.644. The summed E-state index contributed by atoms with van der Waals surface area (Å²) in [6, 6.07) is 2.58. The predicted molar refractivity (Wildman–Crippen MR) is 66.3 cm³/mol. The van der Waals surface area contributed by atoms with Crippen LogP contribution < -0.4 is 5.32 Å². The van der Waals surface area contributed by atoms with Crippen LogP contribution >= 0.6 is 0 Å². The molecule has 4 heteroatoms. The molecule has 16 heavy (non-hydrogen) atoms. The van der Waals surface area contributed by atoms with E-state index < -0.39 is 0 Å². The topological polar surface area (TPSA) is 48.3 Å². The van der Waals surface area contributed by atoms with Gasteiger partial charge in [-0.2, -0.15) is 5.26 Å². The van der Waals surface area contributed by atoms with Crippen molar-refractivity contribution < 1.29 is 4.74 Å². The average Bonchev–Trinajstić information content (AvgIpc) is 2.30. The maximum absolute atomic E-state index is 9.04. The number of likely N-dealkylation sites (N-methyl/N-ethyl adjacent to an activating group) is 1. The van der Waals surface area contributed by atoms with Gasteiger partial charge in [0.2, 0.25) is 0 Å². The summed E-state index contributed by atoms with van der Waals surface area (Å²) in [5.74, 6) is 0. The molecule has 0 spiro atoms. The van der Waals surface area contributed by atoms with Gasteiger partial charge in [-0.15, -0.1) is 0 Å². The molecule has 0 aromatic carbocycles. The van der Waals surface area contributed by atoms with Crippen molar-refractivity contribution in [3.05, 3.63) is 0 Å². The summed E-state index contributed by atoms with van der Waals surface area (Å²) in [5.41, 5.74) is 0. The number of nitrogens with zero attached hydrogens (tertiary/aromatic N) is 2. The van der Waals surface area contributed by atoms with Gasteiger partial charge in [0, 0.05) is 19.7 Å². The Kier molecular flexibility index (Phi) is 9.21. The van der Waals surface area contributed by atoms with E-state index in [1.54, 1.807) is 7.11 Å². The van der Waals surface area contributed by atoms with Crippen LogP contribution in [0.3, 0.4) is 0 Å². The number of hydrogen-bond donors (Lipinski definition) is 1. The summed E-state index contributed by atoms with van der Waals surface area (Å²) in [5, 5.41) is 12.3. The number of hydrogen-bond acceptors (Lipinski definition) is 4. The first kappa shape index (κ1) is 15.4. The van der Waals surface area contributed by atoms with Gasteiger partial charge < -0.3 is 10.1 Å². The second kappa shape index (κ2) is 9.59. The van der Waals surface area contributed by atoms with Gasteiger partial charge >= 0.3 is 0 Å². The minimum atomic E-state index is -0.0841. The highest BCUT2D eigenvalue weighted by Gasteiger charge is 2.16. The van der Waals surface area contributed by atoms with E-state index in [0.717, 1.165) is 26.1 Å². The minimum absolute atomic E-state index is 0.0841. The molecule has 0 heterocycles. The third-order valence-corrected chi connectivity index (χ3v) is 2.65. The molecule has 0 aliphatic heterocycles. The van der Waals surface area contributed by atoms with E-state index in [2.05, 4.69) is 37.1 Å². The van der Waals surface area contributed by atoms with Gasteiger partial charge in [0.1, 0.15) is 6.04 Å². The van der Waals surface area contributed by atoms with Crippen molar-refractivity contribution in [2.45, 2.75) is 39.3 Å². The van der Waals surface area contributed by atoms with Crippen LogP contribution in [0.15, 0.2) is 0 Å². The summed E-state index contributed by atoms with van der Waals surface area (Å²) >= 11 is 0. The van der Waals surface area contributed by atoms with Crippen molar-refractivity contribution in [1.29, 1.82) is 5.26 Å². The van der Waals surface area contributed by atoms with Gasteiger partial charge in [-0.05, 0) is 26.4 Å². The summed E-state index contributed by atoms with van der Waals surface area (Å²) in [6.07, 6.45) is 1.05. The van der Waals surface area contributed by atoms with Gasteiger partial charge in [-0.25, -0.2) is 0 Å². The largest absolute Gasteiger partial charge is 0.383 e. The smallest absolute Gasteiger partial charge is 0.108 e. The first-order valence-electron chi connectivity index (χ1n) is 6.05. The van der Waals surface area contributed by atoms with E-state index in [1.165, 1.54) is 0 Å². The van der Waals surface area contributed by atoms with Crippen molar-refractivity contribution >= 4 is 0 Å². The summed E-state index contributed by atoms with van der Waals surface area (Å²) in [7, 11) is 1.71. The normalized spacial score (nSPS) is 14.8. The van der Waals surface area contributed by atoms with Crippen LogP contribution in [0.25, 0.3) is 0 Å². The first-order chi connectivity index (χ1) is 7.69. The van der Waals surface area contributed by atoms with E-state index in [9.17, 15) is 0 Å². The van der Waals surface area contributed by atoms with Gasteiger partial charge in [0.25, 0.3) is 0 Å². The molecule has 0 aromatic rings. The summed E-state index contributed by atoms with van der Waals surface area (Å²) in [4.78, 5) is 2.26. The lowest BCUT2D eigenvalue weighted by atomic mass is 10.2. The van der Waals surface area contributed by atoms with E-state index in [4.69, 9.17) is 10.00 Å². The maximum Gasteiger partial charge on any atom is 0.108 e. The molecule has 0 aromatic heterocycles. The molecule has 0 aliphatic rings. The van der Waals surface area contributed by atoms with Gasteiger partial charge in [0.05, 0.1) is 12.7 Å². The SMILES string of the molecule is CCCNC(C#N)CN(CC)C(C)COC. The zero-order chi connectivity index (χ0) is 12.4. The number of nitrogens with one attached hydrogen (secondary N) is 1. The van der Waals surface area contributed by atoms with Crippen LogP contribution in [0.1, 0.15) is 27.2 Å². The fourth-order valence-corrected chi connectivity index (χ4v) is 1.67. The fourth-order valence-electron chi connectivity index (χ4n) is 1.67. The monoisotopic (exact) mass is 227 g/mol. The standard InChI is InChI=1S/C12H25N3O/c1-5-7-14-12(8-13)9-15(6-2)11(3)10-16-4/h11-12,14H,5-7,9-10H2,1-4H3. The molecule has 1 N–H and O–H groups in total. The Bertz CT molecular complexity index is 203. The van der Waals surface area contributed by atoms with E-state index in [-0.39, 0.29) is 6.04 Å². The zero-order valence-corrected chi connectivity index (χ0v) is 11.0. The highest BCUT2D eigenvalue weighted by Crippen LogP contribution is 2.01. The molecule has 0 bridgehead atoms. The maximum atomic E-state index is 9.04. The number of methoxy groups -OCH3 is 1. The van der Waals surface area contributed by atoms with E-state index in [0.29, 0.717) is 12.6 Å². The number of ether oxygens (including phenoxy) is 1. The fraction of sp³-hybridized carbons (Fsp3) is 0.917. The third kappa shape index (κ3) is 6.06. The first-order valence-corrected chi connectivity index (χ1v) is 6.05. The number of rotatable bonds is 9. The molecular formula is C12H25N3O. The predicted octanol–water partition coefficient (Wildman–Crippen LogP) is 1.23. The van der Waals surface area contributed by atoms with Crippen LogP contribution in [0.2, 0.25) is 0 Å². The molecule has 0 aliphatic carbocycles. The van der Waals surface area contributed by atoms with Gasteiger partial charge in [-0.3, -0.25) is 4.90 Å². The minimum Gasteiger partial charge on any atom is -0.383 e. The summed E-state index contributed by atoms with van der Waals surface area (Å²) < 4.78 is 5.14. The lowest BCUT2D eigenvalue weighted by molar-refractivity contribution is 0.0994. The Hall–Kier alpha value is -0.630. The molecule has 94 valence electrons. The van der Waals surface area contributed by atoms with Gasteiger partial charge in [-0.1, -0.05) is 13.8 Å². The Morgan fingerprint density at radius 3 is 2.56 bits per heavy atom. The van der Waals surface area contributed by atoms with Crippen LogP contribution in [-0.2, 0) is 4.74 Å². The van der Waals surface area contributed by atoms with Crippen molar-refractivity contribution in [2.75, 3.05) is 33.4 Å². The second-order valence-corrected chi connectivity index (χ2v) is 4.03. The lowest BCUT2D eigenvalue weighted by Gasteiger charge is -2.29. The highest BCUT2D eigenvalue weighted by molar-refractivity contribution is 4.92. The average molecular weight is 227 g/mol. The second-order valence-electron chi connectivity index (χ2n) is 4.03. The van der Waals surface area contributed by atoms with Gasteiger partial charge in [0.15, 0.2) is 0 Å². The Morgan fingerprint density at radius 1 is 1.44 bits per heavy atom. The molecule has 0 saturated carbocycles. The third-order valence-electron chi connectivity index (χ3n) is 2.65. The van der Waals surface area contributed by atoms with Crippen LogP contribution in [0, 0.1) is 11.3 Å². The van der Waals surface area contributed by atoms with E-state index >= 15 is 0 Å². The molecule has 0 saturated heterocycles. The van der Waals surface area contributed by atoms with Crippen molar-refractivity contribution in [2.24, 2.45) is 0 Å². The van der Waals surface area contributed by atoms with E-state index in [1.807, 2.05) is 0 Å². The molecule has 0 rings (SSSR count). The van der Waals surface area contributed by atoms with Crippen LogP contribution in [0.5, 0.6) is 0 Å². The molecule has 0 radical (unpaired) electrons. The van der Waals surface area contributed by atoms with Crippen molar-refractivity contribution in [3.63, 3.8) is 0 Å². The van der Waals surface area contributed by atoms with Crippen LogP contribution in [-0.4, -0.2) is 50.3 Å². The molecule has 2 unspecified atom stereocenters. The molecular weight excluding hydrogens is 202 g/mol. The zero-order valence-electron chi connectivity index (χ0n) is 11.0. The Morgan fingerprint density at radius 2 is 2.12 bits per heavy atom. The van der Waals surface area contributed by atoms with Crippen LogP contribution in [0.4, 0.5) is 0 Å². The molecule has 0 fully saturated rings. The summed E-state index contributed by atoms with van der Waals surface area (Å²) in [6.45, 7) is 9.65. The van der Waals surface area contributed by atoms with Crippen molar-refractivity contribution in [1.82, 2.24) is 10.2 Å². The highest BCUT2D eigenvalue weighted by atomic mass is 16.5. The lowest BCUT2D eigenvalue weighted by Crippen LogP contribution is -2.45. The Balaban J connectivity index is 4.11. The molecule has 4 nitrogen and oxygen atoms in total. The Labute approximate surface area is 99.6 Å². The van der Waals surface area contributed by atoms with Crippen molar-refractivity contribution in [3.8, 4) is 6.07 Å². The molecule has 2 atom stereocenters. The molecule has 0 amide bonds. The number of nitriles is 1.